The lowest BCUT2D eigenvalue weighted by molar-refractivity contribution is -0.127. The van der Waals surface area contributed by atoms with E-state index in [-0.39, 0.29) is 23.3 Å². The third kappa shape index (κ3) is 5.90. The molecule has 2 aromatic rings. The normalized spacial score (nSPS) is 20.5. The SMILES string of the molecule is C[C@H](CC(=O)[C@H]1C[C@@H](O)CCN1CCOc1ccccc1)c1ccc(C(=O)O)cc1. The second-order valence-corrected chi connectivity index (χ2v) is 7.89. The van der Waals surface area contributed by atoms with E-state index in [1.165, 1.54) is 0 Å². The van der Waals surface area contributed by atoms with Crippen LogP contribution in [0.2, 0.25) is 0 Å². The van der Waals surface area contributed by atoms with Gasteiger partial charge < -0.3 is 14.9 Å². The Kier molecular flexibility index (Phi) is 7.60. The van der Waals surface area contributed by atoms with Gasteiger partial charge in [0.15, 0.2) is 5.78 Å². The summed E-state index contributed by atoms with van der Waals surface area (Å²) in [4.78, 5) is 26.2. The highest BCUT2D eigenvalue weighted by Crippen LogP contribution is 2.25. The minimum Gasteiger partial charge on any atom is -0.492 e. The summed E-state index contributed by atoms with van der Waals surface area (Å²) in [5.41, 5.74) is 1.17. The van der Waals surface area contributed by atoms with Crippen molar-refractivity contribution in [2.24, 2.45) is 0 Å². The van der Waals surface area contributed by atoms with E-state index in [0.717, 1.165) is 11.3 Å². The second-order valence-electron chi connectivity index (χ2n) is 7.89. The van der Waals surface area contributed by atoms with Crippen LogP contribution in [0.5, 0.6) is 5.75 Å². The van der Waals surface area contributed by atoms with Crippen LogP contribution in [0, 0.1) is 0 Å². The lowest BCUT2D eigenvalue weighted by Crippen LogP contribution is -2.50. The first-order valence-electron chi connectivity index (χ1n) is 10.4. The van der Waals surface area contributed by atoms with Crippen molar-refractivity contribution in [3.63, 3.8) is 0 Å². The third-order valence-corrected chi connectivity index (χ3v) is 5.68. The number of hydrogen-bond donors (Lipinski definition) is 2. The molecule has 6 heteroatoms. The number of carbonyl (C=O) groups is 2. The van der Waals surface area contributed by atoms with Crippen molar-refractivity contribution in [1.29, 1.82) is 0 Å². The Bertz CT molecular complexity index is 836. The molecule has 0 aliphatic carbocycles. The fourth-order valence-electron chi connectivity index (χ4n) is 3.91. The number of nitrogens with zero attached hydrogens (tertiary/aromatic N) is 1. The Hall–Kier alpha value is -2.70. The average molecular weight is 411 g/mol. The summed E-state index contributed by atoms with van der Waals surface area (Å²) in [6, 6.07) is 15.9. The number of ether oxygens (including phenoxy) is 1. The van der Waals surface area contributed by atoms with Gasteiger partial charge in [0.2, 0.25) is 0 Å². The molecule has 2 aromatic carbocycles. The summed E-state index contributed by atoms with van der Waals surface area (Å²) in [6.07, 6.45) is 0.978. The van der Waals surface area contributed by atoms with Gasteiger partial charge in [-0.25, -0.2) is 4.79 Å². The molecule has 0 bridgehead atoms. The Balaban J connectivity index is 1.58. The molecule has 1 fully saturated rings. The zero-order valence-electron chi connectivity index (χ0n) is 17.2. The fourth-order valence-corrected chi connectivity index (χ4v) is 3.91. The summed E-state index contributed by atoms with van der Waals surface area (Å²) in [6.45, 7) is 3.74. The number of aliphatic hydroxyl groups is 1. The molecule has 0 spiro atoms. The first-order valence-corrected chi connectivity index (χ1v) is 10.4. The van der Waals surface area contributed by atoms with Gasteiger partial charge in [-0.05, 0) is 48.6 Å². The first-order chi connectivity index (χ1) is 14.4. The number of aromatic carboxylic acids is 1. The van der Waals surface area contributed by atoms with Crippen molar-refractivity contribution in [1.82, 2.24) is 4.90 Å². The average Bonchev–Trinajstić information content (AvgIpc) is 2.75. The van der Waals surface area contributed by atoms with Crippen LogP contribution >= 0.6 is 0 Å². The molecule has 3 rings (SSSR count). The van der Waals surface area contributed by atoms with E-state index >= 15 is 0 Å². The Morgan fingerprint density at radius 1 is 1.13 bits per heavy atom. The Morgan fingerprint density at radius 2 is 1.83 bits per heavy atom. The largest absolute Gasteiger partial charge is 0.492 e. The van der Waals surface area contributed by atoms with Crippen molar-refractivity contribution in [3.8, 4) is 5.75 Å². The maximum Gasteiger partial charge on any atom is 0.335 e. The minimum absolute atomic E-state index is 0.0261. The Morgan fingerprint density at radius 3 is 2.50 bits per heavy atom. The molecule has 0 aromatic heterocycles. The number of benzene rings is 2. The van der Waals surface area contributed by atoms with Crippen LogP contribution in [-0.2, 0) is 4.79 Å². The standard InChI is InChI=1S/C24H29NO5/c1-17(18-7-9-19(10-8-18)24(28)29)15-23(27)22-16-20(26)11-12-25(22)13-14-30-21-5-3-2-4-6-21/h2-10,17,20,22,26H,11-16H2,1H3,(H,28,29)/t17-,20+,22-/m1/s1. The summed E-state index contributed by atoms with van der Waals surface area (Å²) in [5.74, 6) is -0.0872. The number of piperidine rings is 1. The van der Waals surface area contributed by atoms with Crippen LogP contribution in [0.25, 0.3) is 0 Å². The molecule has 0 radical (unpaired) electrons. The van der Waals surface area contributed by atoms with Crippen molar-refractivity contribution >= 4 is 11.8 Å². The van der Waals surface area contributed by atoms with Crippen molar-refractivity contribution < 1.29 is 24.5 Å². The van der Waals surface area contributed by atoms with E-state index in [4.69, 9.17) is 9.84 Å². The van der Waals surface area contributed by atoms with E-state index < -0.39 is 12.1 Å². The first kappa shape index (κ1) is 22.0. The highest BCUT2D eigenvalue weighted by Gasteiger charge is 2.33. The van der Waals surface area contributed by atoms with Gasteiger partial charge in [0.05, 0.1) is 17.7 Å². The summed E-state index contributed by atoms with van der Waals surface area (Å²) >= 11 is 0. The van der Waals surface area contributed by atoms with Crippen molar-refractivity contribution in [3.05, 3.63) is 65.7 Å². The maximum absolute atomic E-state index is 13.1. The smallest absolute Gasteiger partial charge is 0.335 e. The summed E-state index contributed by atoms with van der Waals surface area (Å²) < 4.78 is 5.78. The van der Waals surface area contributed by atoms with Gasteiger partial charge in [0.25, 0.3) is 0 Å². The quantitative estimate of drug-likeness (QED) is 0.658. The van der Waals surface area contributed by atoms with Gasteiger partial charge in [-0.1, -0.05) is 37.3 Å². The van der Waals surface area contributed by atoms with E-state index in [0.29, 0.717) is 39.0 Å². The molecule has 30 heavy (non-hydrogen) atoms. The lowest BCUT2D eigenvalue weighted by atomic mass is 9.88. The number of carbonyl (C=O) groups excluding carboxylic acids is 1. The Labute approximate surface area is 177 Å². The van der Waals surface area contributed by atoms with Crippen LogP contribution in [0.3, 0.4) is 0 Å². The predicted octanol–water partition coefficient (Wildman–Crippen LogP) is 3.35. The van der Waals surface area contributed by atoms with Gasteiger partial charge in [0.1, 0.15) is 12.4 Å². The van der Waals surface area contributed by atoms with E-state index in [1.807, 2.05) is 37.3 Å². The monoisotopic (exact) mass is 411 g/mol. The van der Waals surface area contributed by atoms with Gasteiger partial charge in [-0.3, -0.25) is 9.69 Å². The molecule has 1 saturated heterocycles. The number of Topliss-reactive ketones (excluding diaryl/α,β-unsaturated/α-hetero) is 1. The van der Waals surface area contributed by atoms with Gasteiger partial charge in [-0.2, -0.15) is 0 Å². The number of aliphatic hydroxyl groups excluding tert-OH is 1. The topological polar surface area (TPSA) is 87.1 Å². The van der Waals surface area contributed by atoms with Gasteiger partial charge >= 0.3 is 5.97 Å². The number of ketones is 1. The molecular formula is C24H29NO5. The number of hydrogen-bond acceptors (Lipinski definition) is 5. The van der Waals surface area contributed by atoms with Crippen molar-refractivity contribution in [2.75, 3.05) is 19.7 Å². The zero-order valence-corrected chi connectivity index (χ0v) is 17.2. The highest BCUT2D eigenvalue weighted by atomic mass is 16.5. The number of rotatable bonds is 9. The van der Waals surface area contributed by atoms with Gasteiger partial charge in [0, 0.05) is 19.5 Å². The molecule has 0 amide bonds. The van der Waals surface area contributed by atoms with Crippen LogP contribution in [0.1, 0.15) is 48.0 Å². The molecule has 3 atom stereocenters. The summed E-state index contributed by atoms with van der Waals surface area (Å²) in [5, 5.41) is 19.2. The molecule has 1 aliphatic rings. The van der Waals surface area contributed by atoms with Crippen LogP contribution in [-0.4, -0.2) is 58.7 Å². The summed E-state index contributed by atoms with van der Waals surface area (Å²) in [7, 11) is 0. The zero-order chi connectivity index (χ0) is 21.5. The van der Waals surface area contributed by atoms with Gasteiger partial charge in [-0.15, -0.1) is 0 Å². The molecule has 2 N–H and O–H groups in total. The molecule has 0 unspecified atom stereocenters. The van der Waals surface area contributed by atoms with Crippen LogP contribution in [0.15, 0.2) is 54.6 Å². The number of para-hydroxylation sites is 1. The third-order valence-electron chi connectivity index (χ3n) is 5.68. The number of carboxylic acid groups (broad SMARTS) is 1. The number of likely N-dealkylation sites (tertiary alicyclic amines) is 1. The van der Waals surface area contributed by atoms with Crippen molar-refractivity contribution in [2.45, 2.75) is 44.2 Å². The maximum atomic E-state index is 13.1. The number of carboxylic acids is 1. The van der Waals surface area contributed by atoms with E-state index in [1.54, 1.807) is 24.3 Å². The van der Waals surface area contributed by atoms with E-state index in [2.05, 4.69) is 4.90 Å². The highest BCUT2D eigenvalue weighted by molar-refractivity contribution is 5.87. The lowest BCUT2D eigenvalue weighted by Gasteiger charge is -2.37. The minimum atomic E-state index is -0.963. The molecule has 1 heterocycles. The predicted molar refractivity (Wildman–Crippen MR) is 114 cm³/mol. The second kappa shape index (κ2) is 10.4. The fraction of sp³-hybridized carbons (Fsp3) is 0.417. The van der Waals surface area contributed by atoms with Crippen LogP contribution < -0.4 is 4.74 Å². The van der Waals surface area contributed by atoms with Crippen LogP contribution in [0.4, 0.5) is 0 Å². The van der Waals surface area contributed by atoms with E-state index in [9.17, 15) is 14.7 Å². The molecule has 160 valence electrons. The molecule has 6 nitrogen and oxygen atoms in total. The molecular weight excluding hydrogens is 382 g/mol. The molecule has 1 aliphatic heterocycles. The molecule has 0 saturated carbocycles.